The van der Waals surface area contributed by atoms with E-state index >= 15 is 0 Å². The average Bonchev–Trinajstić information content (AvgIpc) is 3.00. The summed E-state index contributed by atoms with van der Waals surface area (Å²) in [5, 5.41) is 0. The van der Waals surface area contributed by atoms with Gasteiger partial charge >= 0.3 is 0 Å². The van der Waals surface area contributed by atoms with E-state index < -0.39 is 11.6 Å². The first-order valence-corrected chi connectivity index (χ1v) is 9.76. The predicted octanol–water partition coefficient (Wildman–Crippen LogP) is 4.62. The Morgan fingerprint density at radius 3 is 2.14 bits per heavy atom. The van der Waals surface area contributed by atoms with Crippen molar-refractivity contribution < 1.29 is 13.2 Å². The zero-order valence-corrected chi connectivity index (χ0v) is 16.6. The number of piperazine rings is 1. The minimum Gasteiger partial charge on any atom is -0.313 e. The lowest BCUT2D eigenvalue weighted by Crippen LogP contribution is -2.43. The van der Waals surface area contributed by atoms with E-state index in [4.69, 9.17) is 0 Å². The van der Waals surface area contributed by atoms with E-state index in [-0.39, 0.29) is 5.82 Å². The molecule has 0 saturated carbocycles. The number of hydrogen-bond donors (Lipinski definition) is 0. The Balaban J connectivity index is 1.78. The second-order valence-corrected chi connectivity index (χ2v) is 7.66. The minimum atomic E-state index is -0.614. The van der Waals surface area contributed by atoms with Crippen molar-refractivity contribution in [1.29, 1.82) is 0 Å². The third-order valence-corrected chi connectivity index (χ3v) is 5.63. The van der Waals surface area contributed by atoms with E-state index in [0.29, 0.717) is 11.3 Å². The van der Waals surface area contributed by atoms with Crippen molar-refractivity contribution in [3.05, 3.63) is 77.2 Å². The molecule has 3 aromatic rings. The summed E-state index contributed by atoms with van der Waals surface area (Å²) in [6.45, 7) is 6.70. The van der Waals surface area contributed by atoms with Crippen LogP contribution >= 0.6 is 0 Å². The molecule has 4 rings (SSSR count). The molecule has 1 saturated heterocycles. The maximum Gasteiger partial charge on any atom is 0.135 e. The first-order valence-electron chi connectivity index (χ1n) is 9.76. The van der Waals surface area contributed by atoms with Crippen molar-refractivity contribution in [2.45, 2.75) is 13.5 Å². The van der Waals surface area contributed by atoms with E-state index in [0.717, 1.165) is 55.7 Å². The highest BCUT2D eigenvalue weighted by atomic mass is 19.1. The molecule has 6 heteroatoms. The Kier molecular flexibility index (Phi) is 5.48. The molecule has 0 N–H and O–H groups in total. The highest BCUT2D eigenvalue weighted by Gasteiger charge is 2.21. The Hall–Kier alpha value is -2.57. The number of halogens is 3. The van der Waals surface area contributed by atoms with Gasteiger partial charge in [-0.1, -0.05) is 0 Å². The third kappa shape index (κ3) is 4.09. The second kappa shape index (κ2) is 8.05. The molecule has 0 aliphatic carbocycles. The Labute approximate surface area is 169 Å². The molecule has 3 nitrogen and oxygen atoms in total. The third-order valence-electron chi connectivity index (χ3n) is 5.63. The quantitative estimate of drug-likeness (QED) is 0.634. The number of benzene rings is 2. The molecule has 0 spiro atoms. The van der Waals surface area contributed by atoms with Crippen LogP contribution in [0.15, 0.2) is 48.5 Å². The van der Waals surface area contributed by atoms with E-state index in [9.17, 15) is 13.2 Å². The predicted molar refractivity (Wildman–Crippen MR) is 109 cm³/mol. The Morgan fingerprint density at radius 1 is 0.828 bits per heavy atom. The summed E-state index contributed by atoms with van der Waals surface area (Å²) in [6.07, 6.45) is 0. The monoisotopic (exact) mass is 399 g/mol. The SMILES string of the molecule is Cc1c(CN2CCN(C)CC2)cc(-c2ccc(F)cc2F)n1-c1ccc(F)cc1. The maximum atomic E-state index is 14.6. The molecule has 1 aliphatic rings. The zero-order chi connectivity index (χ0) is 20.5. The van der Waals surface area contributed by atoms with E-state index in [1.165, 1.54) is 24.3 Å². The molecular formula is C23H24F3N3. The zero-order valence-electron chi connectivity index (χ0n) is 16.6. The molecule has 1 aliphatic heterocycles. The number of hydrogen-bond acceptors (Lipinski definition) is 2. The van der Waals surface area contributed by atoms with Gasteiger partial charge in [-0.2, -0.15) is 0 Å². The Bertz CT molecular complexity index is 1000. The van der Waals surface area contributed by atoms with Gasteiger partial charge in [0, 0.05) is 55.7 Å². The van der Waals surface area contributed by atoms with Crippen LogP contribution in [0.1, 0.15) is 11.3 Å². The molecule has 1 aromatic heterocycles. The number of aromatic nitrogens is 1. The van der Waals surface area contributed by atoms with Gasteiger partial charge in [-0.05, 0) is 62.0 Å². The second-order valence-electron chi connectivity index (χ2n) is 7.66. The molecular weight excluding hydrogens is 375 g/mol. The fraction of sp³-hybridized carbons (Fsp3) is 0.304. The van der Waals surface area contributed by atoms with Crippen molar-refractivity contribution in [3.8, 4) is 16.9 Å². The van der Waals surface area contributed by atoms with Gasteiger partial charge in [0.2, 0.25) is 0 Å². The van der Waals surface area contributed by atoms with Crippen LogP contribution in [-0.4, -0.2) is 47.6 Å². The summed E-state index contributed by atoms with van der Waals surface area (Å²) < 4.78 is 43.4. The molecule has 0 amide bonds. The molecule has 1 fully saturated rings. The highest BCUT2D eigenvalue weighted by Crippen LogP contribution is 2.32. The van der Waals surface area contributed by atoms with Gasteiger partial charge in [0.25, 0.3) is 0 Å². The van der Waals surface area contributed by atoms with Crippen molar-refractivity contribution >= 4 is 0 Å². The summed E-state index contributed by atoms with van der Waals surface area (Å²) in [7, 11) is 2.11. The van der Waals surface area contributed by atoms with Crippen LogP contribution in [0.3, 0.4) is 0 Å². The van der Waals surface area contributed by atoms with Crippen LogP contribution in [0, 0.1) is 24.4 Å². The number of nitrogens with zero attached hydrogens (tertiary/aromatic N) is 3. The van der Waals surface area contributed by atoms with Gasteiger partial charge in [0.05, 0.1) is 5.69 Å². The summed E-state index contributed by atoms with van der Waals surface area (Å²) in [5.41, 5.74) is 3.75. The van der Waals surface area contributed by atoms with Gasteiger partial charge < -0.3 is 9.47 Å². The van der Waals surface area contributed by atoms with Crippen molar-refractivity contribution in [3.63, 3.8) is 0 Å². The summed E-state index contributed by atoms with van der Waals surface area (Å²) in [5.74, 6) is -1.55. The Morgan fingerprint density at radius 2 is 1.48 bits per heavy atom. The standard InChI is InChI=1S/C23H24F3N3/c1-16-17(15-28-11-9-27(2)10-12-28)13-23(21-8-5-19(25)14-22(21)26)29(16)20-6-3-18(24)4-7-20/h3-8,13-14H,9-12,15H2,1-2H3. The fourth-order valence-corrected chi connectivity index (χ4v) is 3.88. The molecule has 2 heterocycles. The van der Waals surface area contributed by atoms with Gasteiger partial charge in [0.1, 0.15) is 17.5 Å². The lowest BCUT2D eigenvalue weighted by Gasteiger charge is -2.32. The summed E-state index contributed by atoms with van der Waals surface area (Å²) in [4.78, 5) is 4.68. The largest absolute Gasteiger partial charge is 0.313 e. The fourth-order valence-electron chi connectivity index (χ4n) is 3.88. The summed E-state index contributed by atoms with van der Waals surface area (Å²) >= 11 is 0. The molecule has 29 heavy (non-hydrogen) atoms. The van der Waals surface area contributed by atoms with Crippen molar-refractivity contribution in [2.75, 3.05) is 33.2 Å². The first-order chi connectivity index (χ1) is 13.9. The number of likely N-dealkylation sites (N-methyl/N-ethyl adjacent to an activating group) is 1. The molecule has 0 radical (unpaired) electrons. The van der Waals surface area contributed by atoms with Crippen LogP contribution in [0.5, 0.6) is 0 Å². The van der Waals surface area contributed by atoms with E-state index in [1.807, 2.05) is 17.6 Å². The molecule has 152 valence electrons. The average molecular weight is 399 g/mol. The van der Waals surface area contributed by atoms with Crippen molar-refractivity contribution in [1.82, 2.24) is 14.4 Å². The highest BCUT2D eigenvalue weighted by molar-refractivity contribution is 5.66. The smallest absolute Gasteiger partial charge is 0.135 e. The molecule has 0 unspecified atom stereocenters. The topological polar surface area (TPSA) is 11.4 Å². The summed E-state index contributed by atoms with van der Waals surface area (Å²) in [6, 6.07) is 11.7. The maximum absolute atomic E-state index is 14.6. The normalized spacial score (nSPS) is 15.8. The van der Waals surface area contributed by atoms with Crippen LogP contribution in [0.25, 0.3) is 16.9 Å². The van der Waals surface area contributed by atoms with Crippen LogP contribution in [0.2, 0.25) is 0 Å². The van der Waals surface area contributed by atoms with Gasteiger partial charge in [-0.25, -0.2) is 13.2 Å². The molecule has 0 bridgehead atoms. The lowest BCUT2D eigenvalue weighted by atomic mass is 10.1. The van der Waals surface area contributed by atoms with E-state index in [2.05, 4.69) is 16.8 Å². The van der Waals surface area contributed by atoms with E-state index in [1.54, 1.807) is 12.1 Å². The van der Waals surface area contributed by atoms with Crippen LogP contribution in [0.4, 0.5) is 13.2 Å². The molecule has 0 atom stereocenters. The van der Waals surface area contributed by atoms with Gasteiger partial charge in [-0.3, -0.25) is 4.90 Å². The minimum absolute atomic E-state index is 0.323. The van der Waals surface area contributed by atoms with Gasteiger partial charge in [-0.15, -0.1) is 0 Å². The van der Waals surface area contributed by atoms with Gasteiger partial charge in [0.15, 0.2) is 0 Å². The first kappa shape index (κ1) is 19.7. The molecule has 2 aromatic carbocycles. The van der Waals surface area contributed by atoms with Crippen LogP contribution < -0.4 is 0 Å². The van der Waals surface area contributed by atoms with Crippen molar-refractivity contribution in [2.24, 2.45) is 0 Å². The number of rotatable bonds is 4. The lowest BCUT2D eigenvalue weighted by molar-refractivity contribution is 0.148. The van der Waals surface area contributed by atoms with Crippen LogP contribution in [-0.2, 0) is 6.54 Å².